The Morgan fingerprint density at radius 1 is 1.15 bits per heavy atom. The summed E-state index contributed by atoms with van der Waals surface area (Å²) in [6, 6.07) is 5.42. The minimum Gasteiger partial charge on any atom is -0.316 e. The van der Waals surface area contributed by atoms with Crippen molar-refractivity contribution >= 4 is 10.0 Å². The van der Waals surface area contributed by atoms with E-state index in [-0.39, 0.29) is 10.9 Å². The van der Waals surface area contributed by atoms with E-state index in [4.69, 9.17) is 0 Å². The van der Waals surface area contributed by atoms with Crippen LogP contribution < -0.4 is 10.0 Å². The second-order valence-corrected chi connectivity index (χ2v) is 7.42. The Labute approximate surface area is 118 Å². The lowest BCUT2D eigenvalue weighted by Crippen LogP contribution is -2.40. The van der Waals surface area contributed by atoms with Gasteiger partial charge in [-0.05, 0) is 56.3 Å². The summed E-state index contributed by atoms with van der Waals surface area (Å²) in [6.45, 7) is 2.00. The second kappa shape index (κ2) is 5.42. The molecule has 3 rings (SSSR count). The van der Waals surface area contributed by atoms with Gasteiger partial charge < -0.3 is 5.32 Å². The van der Waals surface area contributed by atoms with Gasteiger partial charge in [0, 0.05) is 6.04 Å². The smallest absolute Gasteiger partial charge is 0.243 e. The molecule has 0 spiro atoms. The van der Waals surface area contributed by atoms with E-state index in [9.17, 15) is 12.8 Å². The van der Waals surface area contributed by atoms with E-state index < -0.39 is 15.8 Å². The number of hydrogen-bond acceptors (Lipinski definition) is 3. The Morgan fingerprint density at radius 3 is 2.70 bits per heavy atom. The zero-order chi connectivity index (χ0) is 14.2. The standard InChI is InChI=1S/C14H19FN2O2S/c15-13-3-1-2-4-14(13)20(18,19)17-12-6-5-10-8-16-9-11(10)7-12/h1-4,10-12,16-17H,5-9H2/t10-,11+,12?/m0/s1. The molecule has 0 amide bonds. The SMILES string of the molecule is O=S(=O)(NC1CC[C@H]2CNC[C@H]2C1)c1ccccc1F. The lowest BCUT2D eigenvalue weighted by molar-refractivity contribution is 0.260. The molecule has 0 aromatic heterocycles. The molecule has 1 aliphatic carbocycles. The van der Waals surface area contributed by atoms with Crippen LogP contribution in [0.25, 0.3) is 0 Å². The van der Waals surface area contributed by atoms with Gasteiger partial charge >= 0.3 is 0 Å². The first-order valence-corrected chi connectivity index (χ1v) is 8.52. The van der Waals surface area contributed by atoms with Gasteiger partial charge in [0.15, 0.2) is 0 Å². The molecule has 0 radical (unpaired) electrons. The molecule has 2 aliphatic rings. The summed E-state index contributed by atoms with van der Waals surface area (Å²) in [5, 5.41) is 3.35. The largest absolute Gasteiger partial charge is 0.316 e. The summed E-state index contributed by atoms with van der Waals surface area (Å²) in [6.07, 6.45) is 2.70. The maximum Gasteiger partial charge on any atom is 0.243 e. The number of benzene rings is 1. The van der Waals surface area contributed by atoms with Crippen molar-refractivity contribution in [2.24, 2.45) is 11.8 Å². The zero-order valence-electron chi connectivity index (χ0n) is 11.2. The highest BCUT2D eigenvalue weighted by atomic mass is 32.2. The highest BCUT2D eigenvalue weighted by Crippen LogP contribution is 2.33. The van der Waals surface area contributed by atoms with Crippen molar-refractivity contribution < 1.29 is 12.8 Å². The molecule has 2 fully saturated rings. The van der Waals surface area contributed by atoms with Crippen LogP contribution in [0.5, 0.6) is 0 Å². The minimum absolute atomic E-state index is 0.0826. The molecule has 1 unspecified atom stereocenters. The Morgan fingerprint density at radius 2 is 1.90 bits per heavy atom. The maximum atomic E-state index is 13.6. The number of hydrogen-bond donors (Lipinski definition) is 2. The van der Waals surface area contributed by atoms with Gasteiger partial charge in [0.2, 0.25) is 10.0 Å². The number of sulfonamides is 1. The molecule has 1 heterocycles. The van der Waals surface area contributed by atoms with Gasteiger partial charge in [-0.25, -0.2) is 17.5 Å². The number of halogens is 1. The van der Waals surface area contributed by atoms with Gasteiger partial charge in [-0.2, -0.15) is 0 Å². The average molecular weight is 298 g/mol. The van der Waals surface area contributed by atoms with Crippen LogP contribution in [-0.4, -0.2) is 27.5 Å². The van der Waals surface area contributed by atoms with E-state index >= 15 is 0 Å². The first-order valence-electron chi connectivity index (χ1n) is 7.04. The van der Waals surface area contributed by atoms with Crippen LogP contribution in [0.2, 0.25) is 0 Å². The van der Waals surface area contributed by atoms with E-state index in [2.05, 4.69) is 10.0 Å². The fraction of sp³-hybridized carbons (Fsp3) is 0.571. The Hall–Kier alpha value is -0.980. The molecule has 3 atom stereocenters. The van der Waals surface area contributed by atoms with Crippen molar-refractivity contribution in [3.8, 4) is 0 Å². The molecule has 0 bridgehead atoms. The van der Waals surface area contributed by atoms with Gasteiger partial charge in [0.05, 0.1) is 0 Å². The quantitative estimate of drug-likeness (QED) is 0.889. The summed E-state index contributed by atoms with van der Waals surface area (Å²) in [4.78, 5) is -0.258. The van der Waals surface area contributed by atoms with Gasteiger partial charge in [-0.1, -0.05) is 12.1 Å². The van der Waals surface area contributed by atoms with Gasteiger partial charge in [-0.3, -0.25) is 0 Å². The average Bonchev–Trinajstić information content (AvgIpc) is 2.86. The highest BCUT2D eigenvalue weighted by molar-refractivity contribution is 7.89. The number of nitrogens with one attached hydrogen (secondary N) is 2. The van der Waals surface area contributed by atoms with Crippen LogP contribution in [0, 0.1) is 17.7 Å². The Bertz CT molecular complexity index is 591. The highest BCUT2D eigenvalue weighted by Gasteiger charge is 2.35. The molecule has 110 valence electrons. The zero-order valence-corrected chi connectivity index (χ0v) is 12.0. The van der Waals surface area contributed by atoms with Gasteiger partial charge in [-0.15, -0.1) is 0 Å². The number of rotatable bonds is 3. The Balaban J connectivity index is 1.72. The normalized spacial score (nSPS) is 30.1. The van der Waals surface area contributed by atoms with Crippen molar-refractivity contribution in [2.75, 3.05) is 13.1 Å². The molecular weight excluding hydrogens is 279 g/mol. The Kier molecular flexibility index (Phi) is 3.79. The van der Waals surface area contributed by atoms with E-state index in [1.807, 2.05) is 0 Å². The van der Waals surface area contributed by atoms with Crippen molar-refractivity contribution in [1.29, 1.82) is 0 Å². The van der Waals surface area contributed by atoms with Crippen LogP contribution in [0.1, 0.15) is 19.3 Å². The van der Waals surface area contributed by atoms with Crippen molar-refractivity contribution in [3.63, 3.8) is 0 Å². The molecule has 6 heteroatoms. The summed E-state index contributed by atoms with van der Waals surface area (Å²) >= 11 is 0. The monoisotopic (exact) mass is 298 g/mol. The molecule has 20 heavy (non-hydrogen) atoms. The first kappa shape index (κ1) is 14.0. The van der Waals surface area contributed by atoms with Gasteiger partial charge in [0.1, 0.15) is 10.7 Å². The van der Waals surface area contributed by atoms with Crippen LogP contribution in [-0.2, 0) is 10.0 Å². The van der Waals surface area contributed by atoms with Crippen LogP contribution in [0.4, 0.5) is 4.39 Å². The third-order valence-corrected chi connectivity index (χ3v) is 5.95. The molecule has 1 aromatic carbocycles. The topological polar surface area (TPSA) is 58.2 Å². The molecule has 1 saturated carbocycles. The molecule has 4 nitrogen and oxygen atoms in total. The third-order valence-electron chi connectivity index (χ3n) is 4.40. The number of fused-ring (bicyclic) bond motifs is 1. The van der Waals surface area contributed by atoms with E-state index in [0.717, 1.165) is 32.4 Å². The summed E-state index contributed by atoms with van der Waals surface area (Å²) in [7, 11) is -3.76. The third kappa shape index (κ3) is 2.73. The molecular formula is C14H19FN2O2S. The lowest BCUT2D eigenvalue weighted by Gasteiger charge is -2.31. The predicted molar refractivity (Wildman–Crippen MR) is 74.2 cm³/mol. The lowest BCUT2D eigenvalue weighted by atomic mass is 9.79. The van der Waals surface area contributed by atoms with Crippen LogP contribution in [0.15, 0.2) is 29.2 Å². The minimum atomic E-state index is -3.76. The van der Waals surface area contributed by atoms with Crippen molar-refractivity contribution in [1.82, 2.24) is 10.0 Å². The van der Waals surface area contributed by atoms with Crippen LogP contribution >= 0.6 is 0 Å². The van der Waals surface area contributed by atoms with Crippen molar-refractivity contribution in [2.45, 2.75) is 30.2 Å². The van der Waals surface area contributed by atoms with E-state index in [1.165, 1.54) is 24.3 Å². The van der Waals surface area contributed by atoms with Crippen LogP contribution in [0.3, 0.4) is 0 Å². The second-order valence-electron chi connectivity index (χ2n) is 5.74. The van der Waals surface area contributed by atoms with E-state index in [0.29, 0.717) is 11.8 Å². The first-order chi connectivity index (χ1) is 9.56. The van der Waals surface area contributed by atoms with E-state index in [1.54, 1.807) is 0 Å². The van der Waals surface area contributed by atoms with Crippen molar-refractivity contribution in [3.05, 3.63) is 30.1 Å². The molecule has 1 aliphatic heterocycles. The predicted octanol–water partition coefficient (Wildman–Crippen LogP) is 1.49. The van der Waals surface area contributed by atoms with Gasteiger partial charge in [0.25, 0.3) is 0 Å². The summed E-state index contributed by atoms with van der Waals surface area (Å²) in [5.74, 6) is 0.512. The summed E-state index contributed by atoms with van der Waals surface area (Å²) in [5.41, 5.74) is 0. The molecule has 1 saturated heterocycles. The fourth-order valence-electron chi connectivity index (χ4n) is 3.35. The molecule has 1 aromatic rings. The summed E-state index contributed by atoms with van der Waals surface area (Å²) < 4.78 is 40.8. The fourth-order valence-corrected chi connectivity index (χ4v) is 4.71. The molecule has 2 N–H and O–H groups in total. The maximum absolute atomic E-state index is 13.6.